The first-order valence-electron chi connectivity index (χ1n) is 5.63. The molecule has 2 aromatic carbocycles. The van der Waals surface area contributed by atoms with Crippen molar-refractivity contribution in [1.29, 1.82) is 0 Å². The van der Waals surface area contributed by atoms with Gasteiger partial charge in [-0.1, -0.05) is 30.9 Å². The van der Waals surface area contributed by atoms with E-state index in [1.54, 1.807) is 18.2 Å². The van der Waals surface area contributed by atoms with Gasteiger partial charge in [0.1, 0.15) is 11.4 Å². The molecule has 0 fully saturated rings. The summed E-state index contributed by atoms with van der Waals surface area (Å²) in [4.78, 5) is 0. The third kappa shape index (κ3) is 2.83. The number of phenolic OH excluding ortho intramolecular Hbond substituents is 1. The van der Waals surface area contributed by atoms with E-state index in [2.05, 4.69) is 16.8 Å². The Morgan fingerprint density at radius 3 is 2.44 bits per heavy atom. The average Bonchev–Trinajstić information content (AvgIpc) is 2.40. The SMILES string of the molecule is C=Cc1ccc(/N=N/c2cc(C)ccc2O)cc1. The zero-order valence-electron chi connectivity index (χ0n) is 10.2. The minimum absolute atomic E-state index is 0.132. The summed E-state index contributed by atoms with van der Waals surface area (Å²) in [5.74, 6) is 0.132. The summed E-state index contributed by atoms with van der Waals surface area (Å²) in [5, 5.41) is 17.8. The standard InChI is InChI=1S/C15H14N2O/c1-3-12-5-7-13(8-6-12)16-17-14-10-11(2)4-9-15(14)18/h3-10,18H,1H2,2H3/b17-16+. The second kappa shape index (κ2) is 5.27. The second-order valence-electron chi connectivity index (χ2n) is 3.99. The molecule has 0 aliphatic rings. The zero-order valence-corrected chi connectivity index (χ0v) is 10.2. The van der Waals surface area contributed by atoms with Crippen LogP contribution in [0.25, 0.3) is 6.08 Å². The molecule has 2 aromatic rings. The van der Waals surface area contributed by atoms with E-state index in [-0.39, 0.29) is 5.75 Å². The number of nitrogens with zero attached hydrogens (tertiary/aromatic N) is 2. The lowest BCUT2D eigenvalue weighted by Gasteiger charge is -1.99. The van der Waals surface area contributed by atoms with Crippen LogP contribution in [0.5, 0.6) is 5.75 Å². The Morgan fingerprint density at radius 1 is 1.06 bits per heavy atom. The molecular weight excluding hydrogens is 224 g/mol. The van der Waals surface area contributed by atoms with E-state index in [1.165, 1.54) is 0 Å². The zero-order chi connectivity index (χ0) is 13.0. The Balaban J connectivity index is 2.23. The predicted octanol–water partition coefficient (Wildman–Crippen LogP) is 4.76. The van der Waals surface area contributed by atoms with Gasteiger partial charge in [0.15, 0.2) is 0 Å². The van der Waals surface area contributed by atoms with Crippen LogP contribution in [-0.4, -0.2) is 5.11 Å². The third-order valence-electron chi connectivity index (χ3n) is 2.53. The highest BCUT2D eigenvalue weighted by atomic mass is 16.3. The minimum atomic E-state index is 0.132. The fourth-order valence-electron chi connectivity index (χ4n) is 1.50. The first-order chi connectivity index (χ1) is 8.69. The second-order valence-corrected chi connectivity index (χ2v) is 3.99. The van der Waals surface area contributed by atoms with Gasteiger partial charge in [0, 0.05) is 0 Å². The Bertz CT molecular complexity index is 586. The summed E-state index contributed by atoms with van der Waals surface area (Å²) in [6.45, 7) is 5.63. The van der Waals surface area contributed by atoms with Crippen LogP contribution in [0.15, 0.2) is 59.3 Å². The first kappa shape index (κ1) is 12.0. The molecule has 18 heavy (non-hydrogen) atoms. The predicted molar refractivity (Wildman–Crippen MR) is 73.6 cm³/mol. The van der Waals surface area contributed by atoms with Crippen molar-refractivity contribution in [3.63, 3.8) is 0 Å². The average molecular weight is 238 g/mol. The molecule has 0 saturated heterocycles. The van der Waals surface area contributed by atoms with Crippen molar-refractivity contribution in [3.05, 3.63) is 60.2 Å². The molecule has 0 heterocycles. The molecule has 2 rings (SSSR count). The van der Waals surface area contributed by atoms with E-state index in [0.717, 1.165) is 16.8 Å². The molecule has 0 aliphatic carbocycles. The highest BCUT2D eigenvalue weighted by Crippen LogP contribution is 2.28. The van der Waals surface area contributed by atoms with E-state index >= 15 is 0 Å². The Labute approximate surface area is 106 Å². The van der Waals surface area contributed by atoms with Crippen molar-refractivity contribution >= 4 is 17.5 Å². The first-order valence-corrected chi connectivity index (χ1v) is 5.63. The van der Waals surface area contributed by atoms with Crippen molar-refractivity contribution in [3.8, 4) is 5.75 Å². The molecule has 0 atom stereocenters. The Hall–Kier alpha value is -2.42. The number of rotatable bonds is 3. The van der Waals surface area contributed by atoms with Gasteiger partial charge in [-0.25, -0.2) is 0 Å². The van der Waals surface area contributed by atoms with Crippen LogP contribution in [0.3, 0.4) is 0 Å². The van der Waals surface area contributed by atoms with E-state index in [9.17, 15) is 5.11 Å². The molecule has 90 valence electrons. The number of phenols is 1. The van der Waals surface area contributed by atoms with Crippen molar-refractivity contribution in [1.82, 2.24) is 0 Å². The summed E-state index contributed by atoms with van der Waals surface area (Å²) in [5.41, 5.74) is 3.28. The van der Waals surface area contributed by atoms with Crippen LogP contribution in [0.4, 0.5) is 11.4 Å². The topological polar surface area (TPSA) is 45.0 Å². The van der Waals surface area contributed by atoms with E-state index < -0.39 is 0 Å². The maximum Gasteiger partial charge on any atom is 0.143 e. The molecule has 0 aliphatic heterocycles. The third-order valence-corrected chi connectivity index (χ3v) is 2.53. The van der Waals surface area contributed by atoms with E-state index in [4.69, 9.17) is 0 Å². The molecule has 0 bridgehead atoms. The van der Waals surface area contributed by atoms with Crippen LogP contribution in [0.1, 0.15) is 11.1 Å². The highest BCUT2D eigenvalue weighted by Gasteiger charge is 1.99. The van der Waals surface area contributed by atoms with Gasteiger partial charge in [-0.05, 0) is 42.3 Å². The molecule has 0 radical (unpaired) electrons. The number of hydrogen-bond donors (Lipinski definition) is 1. The lowest BCUT2D eigenvalue weighted by molar-refractivity contribution is 0.476. The largest absolute Gasteiger partial charge is 0.506 e. The van der Waals surface area contributed by atoms with Crippen molar-refractivity contribution < 1.29 is 5.11 Å². The van der Waals surface area contributed by atoms with Crippen molar-refractivity contribution in [2.75, 3.05) is 0 Å². The maximum atomic E-state index is 9.63. The smallest absolute Gasteiger partial charge is 0.143 e. The summed E-state index contributed by atoms with van der Waals surface area (Å²) in [7, 11) is 0. The van der Waals surface area contributed by atoms with E-state index in [1.807, 2.05) is 37.3 Å². The summed E-state index contributed by atoms with van der Waals surface area (Å²) < 4.78 is 0. The number of azo groups is 1. The van der Waals surface area contributed by atoms with Crippen molar-refractivity contribution in [2.24, 2.45) is 10.2 Å². The Kier molecular flexibility index (Phi) is 3.53. The van der Waals surface area contributed by atoms with Gasteiger partial charge >= 0.3 is 0 Å². The Morgan fingerprint density at radius 2 is 1.78 bits per heavy atom. The monoisotopic (exact) mass is 238 g/mol. The maximum absolute atomic E-state index is 9.63. The normalized spacial score (nSPS) is 10.7. The molecular formula is C15H14N2O. The molecule has 3 heteroatoms. The van der Waals surface area contributed by atoms with Crippen LogP contribution in [0, 0.1) is 6.92 Å². The van der Waals surface area contributed by atoms with Crippen LogP contribution >= 0.6 is 0 Å². The van der Waals surface area contributed by atoms with Gasteiger partial charge in [0.05, 0.1) is 5.69 Å². The van der Waals surface area contributed by atoms with Gasteiger partial charge in [0.2, 0.25) is 0 Å². The minimum Gasteiger partial charge on any atom is -0.506 e. The fraction of sp³-hybridized carbons (Fsp3) is 0.0667. The van der Waals surface area contributed by atoms with Crippen LogP contribution in [0.2, 0.25) is 0 Å². The van der Waals surface area contributed by atoms with Crippen LogP contribution < -0.4 is 0 Å². The number of hydrogen-bond acceptors (Lipinski definition) is 3. The van der Waals surface area contributed by atoms with Gasteiger partial charge in [-0.2, -0.15) is 5.11 Å². The van der Waals surface area contributed by atoms with Gasteiger partial charge < -0.3 is 5.11 Å². The molecule has 1 N–H and O–H groups in total. The number of aromatic hydroxyl groups is 1. The summed E-state index contributed by atoms with van der Waals surface area (Å²) in [6, 6.07) is 12.8. The molecule has 0 amide bonds. The summed E-state index contributed by atoms with van der Waals surface area (Å²) >= 11 is 0. The molecule has 0 saturated carbocycles. The van der Waals surface area contributed by atoms with Crippen LogP contribution in [-0.2, 0) is 0 Å². The lowest BCUT2D eigenvalue weighted by atomic mass is 10.2. The molecule has 0 spiro atoms. The molecule has 3 nitrogen and oxygen atoms in total. The van der Waals surface area contributed by atoms with Gasteiger partial charge in [-0.3, -0.25) is 0 Å². The lowest BCUT2D eigenvalue weighted by Crippen LogP contribution is -1.72. The molecule has 0 unspecified atom stereocenters. The number of benzene rings is 2. The van der Waals surface area contributed by atoms with Gasteiger partial charge in [0.25, 0.3) is 0 Å². The van der Waals surface area contributed by atoms with E-state index in [0.29, 0.717) is 5.69 Å². The number of aryl methyl sites for hydroxylation is 1. The summed E-state index contributed by atoms with van der Waals surface area (Å²) in [6.07, 6.45) is 1.77. The van der Waals surface area contributed by atoms with Gasteiger partial charge in [-0.15, -0.1) is 5.11 Å². The quantitative estimate of drug-likeness (QED) is 0.770. The fourth-order valence-corrected chi connectivity index (χ4v) is 1.50. The molecule has 0 aromatic heterocycles. The van der Waals surface area contributed by atoms with Crippen molar-refractivity contribution in [2.45, 2.75) is 6.92 Å². The highest BCUT2D eigenvalue weighted by molar-refractivity contribution is 5.54.